The van der Waals surface area contributed by atoms with Crippen molar-refractivity contribution in [3.8, 4) is 5.75 Å². The minimum Gasteiger partial charge on any atom is -0.497 e. The van der Waals surface area contributed by atoms with E-state index in [1.54, 1.807) is 32.0 Å². The van der Waals surface area contributed by atoms with Crippen molar-refractivity contribution >= 4 is 11.9 Å². The summed E-state index contributed by atoms with van der Waals surface area (Å²) in [5, 5.41) is 0. The summed E-state index contributed by atoms with van der Waals surface area (Å²) in [6.45, 7) is 3.46. The number of fused-ring (bicyclic) bond motifs is 1. The molecule has 1 heterocycles. The van der Waals surface area contributed by atoms with Crippen LogP contribution in [0.25, 0.3) is 0 Å². The van der Waals surface area contributed by atoms with Crippen LogP contribution >= 0.6 is 0 Å². The van der Waals surface area contributed by atoms with Gasteiger partial charge >= 0.3 is 11.9 Å². The minimum atomic E-state index is -0.796. The van der Waals surface area contributed by atoms with Crippen molar-refractivity contribution in [3.63, 3.8) is 0 Å². The summed E-state index contributed by atoms with van der Waals surface area (Å²) >= 11 is 0. The molecule has 1 aromatic carbocycles. The standard InChI is InChI=1S/C12H12O4/c1-12(2)9-5-4-7(15-3)6-8(9)10(13)16-11(12)14/h4-6H,1-3H3. The van der Waals surface area contributed by atoms with Crippen LogP contribution in [0.2, 0.25) is 0 Å². The molecule has 0 bridgehead atoms. The van der Waals surface area contributed by atoms with Gasteiger partial charge in [-0.15, -0.1) is 0 Å². The quantitative estimate of drug-likeness (QED) is 0.533. The van der Waals surface area contributed by atoms with Crippen LogP contribution in [0.5, 0.6) is 5.75 Å². The number of rotatable bonds is 1. The summed E-state index contributed by atoms with van der Waals surface area (Å²) in [7, 11) is 1.52. The summed E-state index contributed by atoms with van der Waals surface area (Å²) in [4.78, 5) is 23.1. The van der Waals surface area contributed by atoms with Gasteiger partial charge in [0.25, 0.3) is 0 Å². The fourth-order valence-electron chi connectivity index (χ4n) is 1.74. The van der Waals surface area contributed by atoms with Crippen molar-refractivity contribution in [1.29, 1.82) is 0 Å². The molecule has 84 valence electrons. The van der Waals surface area contributed by atoms with Crippen LogP contribution in [0.4, 0.5) is 0 Å². The maximum atomic E-state index is 11.6. The molecule has 4 nitrogen and oxygen atoms in total. The average Bonchev–Trinajstić information content (AvgIpc) is 2.26. The van der Waals surface area contributed by atoms with Crippen molar-refractivity contribution in [2.24, 2.45) is 0 Å². The molecule has 0 amide bonds. The van der Waals surface area contributed by atoms with Crippen LogP contribution in [0.15, 0.2) is 18.2 Å². The molecular weight excluding hydrogens is 208 g/mol. The third-order valence-corrected chi connectivity index (χ3v) is 2.82. The van der Waals surface area contributed by atoms with Crippen LogP contribution in [-0.4, -0.2) is 19.0 Å². The van der Waals surface area contributed by atoms with E-state index in [9.17, 15) is 9.59 Å². The van der Waals surface area contributed by atoms with Gasteiger partial charge in [-0.2, -0.15) is 0 Å². The third-order valence-electron chi connectivity index (χ3n) is 2.82. The lowest BCUT2D eigenvalue weighted by molar-refractivity contribution is -0.144. The van der Waals surface area contributed by atoms with E-state index in [4.69, 9.17) is 9.47 Å². The first-order valence-electron chi connectivity index (χ1n) is 4.92. The van der Waals surface area contributed by atoms with Crippen molar-refractivity contribution in [1.82, 2.24) is 0 Å². The number of esters is 2. The number of hydrogen-bond donors (Lipinski definition) is 0. The highest BCUT2D eigenvalue weighted by Crippen LogP contribution is 2.34. The molecule has 0 aromatic heterocycles. The zero-order valence-electron chi connectivity index (χ0n) is 9.37. The van der Waals surface area contributed by atoms with Gasteiger partial charge in [0.1, 0.15) is 5.75 Å². The first kappa shape index (κ1) is 10.7. The molecule has 0 fully saturated rings. The normalized spacial score (nSPS) is 17.7. The highest BCUT2D eigenvalue weighted by molar-refractivity contribution is 6.06. The van der Waals surface area contributed by atoms with E-state index in [1.165, 1.54) is 7.11 Å². The topological polar surface area (TPSA) is 52.6 Å². The number of benzene rings is 1. The number of carbonyl (C=O) groups is 2. The third kappa shape index (κ3) is 1.38. The maximum Gasteiger partial charge on any atom is 0.346 e. The number of cyclic esters (lactones) is 2. The van der Waals surface area contributed by atoms with E-state index >= 15 is 0 Å². The van der Waals surface area contributed by atoms with Crippen molar-refractivity contribution in [3.05, 3.63) is 29.3 Å². The molecule has 0 atom stereocenters. The molecule has 0 radical (unpaired) electrons. The van der Waals surface area contributed by atoms with Crippen LogP contribution in [0.1, 0.15) is 29.8 Å². The smallest absolute Gasteiger partial charge is 0.346 e. The lowest BCUT2D eigenvalue weighted by atomic mass is 9.80. The molecule has 1 aliphatic heterocycles. The highest BCUT2D eigenvalue weighted by atomic mass is 16.6. The van der Waals surface area contributed by atoms with Gasteiger partial charge in [-0.25, -0.2) is 4.79 Å². The molecule has 0 unspecified atom stereocenters. The number of methoxy groups -OCH3 is 1. The number of hydrogen-bond acceptors (Lipinski definition) is 4. The van der Waals surface area contributed by atoms with E-state index in [-0.39, 0.29) is 0 Å². The molecule has 2 rings (SSSR count). The minimum absolute atomic E-state index is 0.393. The molecule has 16 heavy (non-hydrogen) atoms. The Morgan fingerprint density at radius 2 is 1.94 bits per heavy atom. The molecule has 4 heteroatoms. The van der Waals surface area contributed by atoms with E-state index in [1.807, 2.05) is 0 Å². The number of carbonyl (C=O) groups excluding carboxylic acids is 2. The predicted octanol–water partition coefficient (Wildman–Crippen LogP) is 1.67. The zero-order valence-corrected chi connectivity index (χ0v) is 9.37. The van der Waals surface area contributed by atoms with E-state index in [0.29, 0.717) is 16.9 Å². The second-order valence-corrected chi connectivity index (χ2v) is 4.21. The van der Waals surface area contributed by atoms with Crippen molar-refractivity contribution in [2.75, 3.05) is 7.11 Å². The maximum absolute atomic E-state index is 11.6. The molecule has 0 saturated heterocycles. The van der Waals surface area contributed by atoms with Gasteiger partial charge in [-0.3, -0.25) is 4.79 Å². The molecule has 0 N–H and O–H groups in total. The van der Waals surface area contributed by atoms with Gasteiger partial charge in [0.05, 0.1) is 18.1 Å². The fraction of sp³-hybridized carbons (Fsp3) is 0.333. The Hall–Kier alpha value is -1.84. The molecule has 1 aliphatic rings. The Morgan fingerprint density at radius 3 is 2.56 bits per heavy atom. The Bertz CT molecular complexity index is 474. The van der Waals surface area contributed by atoms with Crippen LogP contribution in [-0.2, 0) is 14.9 Å². The van der Waals surface area contributed by atoms with Crippen molar-refractivity contribution < 1.29 is 19.1 Å². The van der Waals surface area contributed by atoms with Gasteiger partial charge in [0.15, 0.2) is 0 Å². The first-order chi connectivity index (χ1) is 7.46. The second kappa shape index (κ2) is 3.33. The monoisotopic (exact) mass is 220 g/mol. The van der Waals surface area contributed by atoms with Gasteiger partial charge < -0.3 is 9.47 Å². The average molecular weight is 220 g/mol. The van der Waals surface area contributed by atoms with Gasteiger partial charge in [-0.1, -0.05) is 6.07 Å². The summed E-state index contributed by atoms with van der Waals surface area (Å²) < 4.78 is 9.72. The summed E-state index contributed by atoms with van der Waals surface area (Å²) in [5.74, 6) is -0.561. The lowest BCUT2D eigenvalue weighted by Crippen LogP contribution is -2.39. The zero-order chi connectivity index (χ0) is 11.9. The Kier molecular flexibility index (Phi) is 2.22. The summed E-state index contributed by atoms with van der Waals surface area (Å²) in [5.41, 5.74) is 0.272. The second-order valence-electron chi connectivity index (χ2n) is 4.21. The van der Waals surface area contributed by atoms with Gasteiger partial charge in [-0.05, 0) is 31.5 Å². The SMILES string of the molecule is COc1ccc2c(c1)C(=O)OC(=O)C2(C)C. The molecule has 0 saturated carbocycles. The van der Waals surface area contributed by atoms with E-state index in [2.05, 4.69) is 0 Å². The Labute approximate surface area is 93.2 Å². The Balaban J connectivity index is 2.64. The van der Waals surface area contributed by atoms with Gasteiger partial charge in [0.2, 0.25) is 0 Å². The first-order valence-corrected chi connectivity index (χ1v) is 4.92. The number of ether oxygens (including phenoxy) is 2. The highest BCUT2D eigenvalue weighted by Gasteiger charge is 2.41. The largest absolute Gasteiger partial charge is 0.497 e. The van der Waals surface area contributed by atoms with Crippen LogP contribution in [0.3, 0.4) is 0 Å². The molecular formula is C12H12O4. The summed E-state index contributed by atoms with van der Waals surface area (Å²) in [6, 6.07) is 5.05. The van der Waals surface area contributed by atoms with Crippen molar-refractivity contribution in [2.45, 2.75) is 19.3 Å². The van der Waals surface area contributed by atoms with E-state index < -0.39 is 17.4 Å². The molecule has 1 aromatic rings. The lowest BCUT2D eigenvalue weighted by Gasteiger charge is -2.29. The summed E-state index contributed by atoms with van der Waals surface area (Å²) in [6.07, 6.45) is 0. The Morgan fingerprint density at radius 1 is 1.25 bits per heavy atom. The fourth-order valence-corrected chi connectivity index (χ4v) is 1.74. The molecule has 0 aliphatic carbocycles. The van der Waals surface area contributed by atoms with Gasteiger partial charge in [0, 0.05) is 0 Å². The van der Waals surface area contributed by atoms with Crippen LogP contribution in [0, 0.1) is 0 Å². The van der Waals surface area contributed by atoms with Crippen LogP contribution < -0.4 is 4.74 Å². The van der Waals surface area contributed by atoms with E-state index in [0.717, 1.165) is 0 Å². The predicted molar refractivity (Wildman–Crippen MR) is 56.4 cm³/mol. The molecule has 0 spiro atoms.